The van der Waals surface area contributed by atoms with Gasteiger partial charge < -0.3 is 0 Å². The smallest absolute Gasteiger partial charge is 0.268 e. The van der Waals surface area contributed by atoms with Crippen LogP contribution in [0.3, 0.4) is 0 Å². The van der Waals surface area contributed by atoms with Gasteiger partial charge in [0, 0.05) is 6.42 Å². The molecule has 1 aromatic heterocycles. The Kier molecular flexibility index (Phi) is 5.61. The van der Waals surface area contributed by atoms with Crippen LogP contribution in [0.25, 0.3) is 6.08 Å². The number of aromatic nitrogens is 2. The van der Waals surface area contributed by atoms with Gasteiger partial charge in [-0.05, 0) is 30.0 Å². The first kappa shape index (κ1) is 16.8. The van der Waals surface area contributed by atoms with Crippen LogP contribution in [0, 0.1) is 24.2 Å². The second kappa shape index (κ2) is 7.65. The zero-order chi connectivity index (χ0) is 16.8. The minimum absolute atomic E-state index is 0.0416. The Hall–Kier alpha value is -2.52. The van der Waals surface area contributed by atoms with Crippen molar-refractivity contribution in [1.29, 1.82) is 5.26 Å². The van der Waals surface area contributed by atoms with Crippen LogP contribution in [0.15, 0.2) is 29.8 Å². The van der Waals surface area contributed by atoms with Crippen molar-refractivity contribution in [3.63, 3.8) is 0 Å². The number of benzene rings is 1. The van der Waals surface area contributed by atoms with E-state index in [0.717, 1.165) is 22.6 Å². The standard InChI is InChI=1S/C17H18N4OS/c1-11(2)8-15-20-21-17(23-15)19-16(22)14(10-18)9-13-7-5-4-6-12(13)3/h4-7,9,11H,8H2,1-3H3,(H,19,21,22)/b14-9+. The van der Waals surface area contributed by atoms with Gasteiger partial charge >= 0.3 is 0 Å². The Labute approximate surface area is 139 Å². The van der Waals surface area contributed by atoms with Gasteiger partial charge in [0.05, 0.1) is 0 Å². The van der Waals surface area contributed by atoms with E-state index < -0.39 is 5.91 Å². The second-order valence-corrected chi connectivity index (χ2v) is 6.64. The van der Waals surface area contributed by atoms with Gasteiger partial charge in [0.2, 0.25) is 5.13 Å². The lowest BCUT2D eigenvalue weighted by atomic mass is 10.1. The number of anilines is 1. The number of hydrogen-bond acceptors (Lipinski definition) is 5. The monoisotopic (exact) mass is 326 g/mol. The molecule has 0 unspecified atom stereocenters. The molecule has 0 aliphatic carbocycles. The highest BCUT2D eigenvalue weighted by Crippen LogP contribution is 2.19. The molecule has 0 aliphatic heterocycles. The van der Waals surface area contributed by atoms with Gasteiger partial charge in [-0.3, -0.25) is 10.1 Å². The van der Waals surface area contributed by atoms with Crippen molar-refractivity contribution < 1.29 is 4.79 Å². The molecule has 5 nitrogen and oxygen atoms in total. The molecule has 1 aromatic carbocycles. The molecule has 1 heterocycles. The number of amides is 1. The number of carbonyl (C=O) groups is 1. The molecule has 0 bridgehead atoms. The molecule has 0 spiro atoms. The first-order valence-electron chi connectivity index (χ1n) is 7.30. The zero-order valence-corrected chi connectivity index (χ0v) is 14.1. The van der Waals surface area contributed by atoms with Crippen LogP contribution < -0.4 is 5.32 Å². The summed E-state index contributed by atoms with van der Waals surface area (Å²) in [5.41, 5.74) is 1.89. The lowest BCUT2D eigenvalue weighted by molar-refractivity contribution is -0.112. The van der Waals surface area contributed by atoms with Crippen molar-refractivity contribution in [2.24, 2.45) is 5.92 Å². The maximum absolute atomic E-state index is 12.2. The molecule has 2 rings (SSSR count). The van der Waals surface area contributed by atoms with Crippen LogP contribution in [0.5, 0.6) is 0 Å². The Balaban J connectivity index is 2.13. The zero-order valence-electron chi connectivity index (χ0n) is 13.3. The molecule has 0 atom stereocenters. The third-order valence-electron chi connectivity index (χ3n) is 3.12. The van der Waals surface area contributed by atoms with Crippen molar-refractivity contribution in [2.45, 2.75) is 27.2 Å². The van der Waals surface area contributed by atoms with Crippen molar-refractivity contribution in [1.82, 2.24) is 10.2 Å². The molecule has 23 heavy (non-hydrogen) atoms. The van der Waals surface area contributed by atoms with Crippen LogP contribution >= 0.6 is 11.3 Å². The van der Waals surface area contributed by atoms with Crippen LogP contribution in [0.2, 0.25) is 0 Å². The predicted octanol–water partition coefficient (Wildman–Crippen LogP) is 3.59. The van der Waals surface area contributed by atoms with Gasteiger partial charge in [0.1, 0.15) is 16.6 Å². The van der Waals surface area contributed by atoms with E-state index in [2.05, 4.69) is 29.4 Å². The molecule has 6 heteroatoms. The first-order valence-corrected chi connectivity index (χ1v) is 8.12. The summed E-state index contributed by atoms with van der Waals surface area (Å²) in [6, 6.07) is 9.52. The summed E-state index contributed by atoms with van der Waals surface area (Å²) in [4.78, 5) is 12.2. The fourth-order valence-corrected chi connectivity index (χ4v) is 2.90. The van der Waals surface area contributed by atoms with E-state index in [1.165, 1.54) is 11.3 Å². The van der Waals surface area contributed by atoms with Gasteiger partial charge in [-0.2, -0.15) is 5.26 Å². The average Bonchev–Trinajstić information content (AvgIpc) is 2.92. The number of carbonyl (C=O) groups excluding carboxylic acids is 1. The van der Waals surface area contributed by atoms with Crippen molar-refractivity contribution in [3.8, 4) is 6.07 Å². The Morgan fingerprint density at radius 3 is 2.78 bits per heavy atom. The van der Waals surface area contributed by atoms with Gasteiger partial charge in [-0.1, -0.05) is 49.4 Å². The number of rotatable bonds is 5. The Bertz CT molecular complexity index is 771. The van der Waals surface area contributed by atoms with Crippen LogP contribution in [-0.4, -0.2) is 16.1 Å². The minimum Gasteiger partial charge on any atom is -0.296 e. The summed E-state index contributed by atoms with van der Waals surface area (Å²) in [6.07, 6.45) is 2.40. The van der Waals surface area contributed by atoms with Crippen molar-refractivity contribution >= 4 is 28.5 Å². The number of nitrogens with one attached hydrogen (secondary N) is 1. The van der Waals surface area contributed by atoms with Crippen molar-refractivity contribution in [2.75, 3.05) is 5.32 Å². The molecule has 2 aromatic rings. The van der Waals surface area contributed by atoms with Gasteiger partial charge in [0.15, 0.2) is 0 Å². The molecule has 0 saturated carbocycles. The van der Waals surface area contributed by atoms with E-state index in [1.807, 2.05) is 37.3 Å². The summed E-state index contributed by atoms with van der Waals surface area (Å²) in [5.74, 6) is 0.00474. The maximum atomic E-state index is 12.2. The third kappa shape index (κ3) is 4.73. The SMILES string of the molecule is Cc1ccccc1/C=C(\C#N)C(=O)Nc1nnc(CC(C)C)s1. The highest BCUT2D eigenvalue weighted by Gasteiger charge is 2.13. The predicted molar refractivity (Wildman–Crippen MR) is 91.8 cm³/mol. The topological polar surface area (TPSA) is 78.7 Å². The van der Waals surface area contributed by atoms with Gasteiger partial charge in [0.25, 0.3) is 5.91 Å². The fraction of sp³-hybridized carbons (Fsp3) is 0.294. The lowest BCUT2D eigenvalue weighted by Crippen LogP contribution is -2.13. The normalized spacial score (nSPS) is 11.3. The molecule has 1 amide bonds. The molecular weight excluding hydrogens is 308 g/mol. The van der Waals surface area contributed by atoms with Crippen LogP contribution in [0.4, 0.5) is 5.13 Å². The largest absolute Gasteiger partial charge is 0.296 e. The second-order valence-electron chi connectivity index (χ2n) is 5.58. The maximum Gasteiger partial charge on any atom is 0.268 e. The summed E-state index contributed by atoms with van der Waals surface area (Å²) in [5, 5.41) is 21.2. The van der Waals surface area contributed by atoms with E-state index in [1.54, 1.807) is 6.08 Å². The molecule has 0 aliphatic rings. The Morgan fingerprint density at radius 1 is 1.39 bits per heavy atom. The van der Waals surface area contributed by atoms with Crippen LogP contribution in [0.1, 0.15) is 30.0 Å². The van der Waals surface area contributed by atoms with E-state index in [4.69, 9.17) is 0 Å². The van der Waals surface area contributed by atoms with E-state index in [-0.39, 0.29) is 5.57 Å². The van der Waals surface area contributed by atoms with Gasteiger partial charge in [-0.15, -0.1) is 10.2 Å². The fourth-order valence-electron chi connectivity index (χ4n) is 1.95. The molecule has 0 radical (unpaired) electrons. The summed E-state index contributed by atoms with van der Waals surface area (Å²) in [7, 11) is 0. The summed E-state index contributed by atoms with van der Waals surface area (Å²) >= 11 is 1.34. The molecule has 1 N–H and O–H groups in total. The van der Waals surface area contributed by atoms with E-state index >= 15 is 0 Å². The van der Waals surface area contributed by atoms with Crippen LogP contribution in [-0.2, 0) is 11.2 Å². The Morgan fingerprint density at radius 2 is 2.13 bits per heavy atom. The molecule has 0 fully saturated rings. The lowest BCUT2D eigenvalue weighted by Gasteiger charge is -2.02. The number of nitrogens with zero attached hydrogens (tertiary/aromatic N) is 3. The molecule has 118 valence electrons. The summed E-state index contributed by atoms with van der Waals surface area (Å²) in [6.45, 7) is 6.12. The van der Waals surface area contributed by atoms with E-state index in [0.29, 0.717) is 11.0 Å². The average molecular weight is 326 g/mol. The quantitative estimate of drug-likeness (QED) is 0.672. The minimum atomic E-state index is -0.469. The van der Waals surface area contributed by atoms with Gasteiger partial charge in [-0.25, -0.2) is 0 Å². The number of nitriles is 1. The molecular formula is C17H18N4OS. The number of aryl methyl sites for hydroxylation is 1. The first-order chi connectivity index (χ1) is 11.0. The highest BCUT2D eigenvalue weighted by molar-refractivity contribution is 7.15. The molecule has 0 saturated heterocycles. The highest BCUT2D eigenvalue weighted by atomic mass is 32.1. The summed E-state index contributed by atoms with van der Waals surface area (Å²) < 4.78 is 0. The number of hydrogen-bond donors (Lipinski definition) is 1. The third-order valence-corrected chi connectivity index (χ3v) is 3.98. The van der Waals surface area contributed by atoms with E-state index in [9.17, 15) is 10.1 Å². The van der Waals surface area contributed by atoms with Crippen molar-refractivity contribution in [3.05, 3.63) is 46.0 Å².